The molecule has 0 unspecified atom stereocenters. The largest absolute Gasteiger partial charge is 0.383 e. The van der Waals surface area contributed by atoms with Crippen molar-refractivity contribution in [2.75, 3.05) is 50.3 Å². The maximum atomic E-state index is 3.50. The van der Waals surface area contributed by atoms with Crippen molar-refractivity contribution < 1.29 is 0 Å². The highest BCUT2D eigenvalue weighted by Crippen LogP contribution is 2.31. The third-order valence-electron chi connectivity index (χ3n) is 3.65. The molecule has 1 saturated heterocycles. The lowest BCUT2D eigenvalue weighted by atomic mass is 10.1. The average Bonchev–Trinajstić information content (AvgIpc) is 2.46. The van der Waals surface area contributed by atoms with Gasteiger partial charge < -0.3 is 15.5 Å². The summed E-state index contributed by atoms with van der Waals surface area (Å²) in [5.41, 5.74) is 2.80. The SMILES string of the molecule is c1cc2c(cc1CCN1CCNCC1)NCCS2. The zero-order valence-corrected chi connectivity index (χ0v) is 11.6. The third-order valence-corrected chi connectivity index (χ3v) is 4.72. The van der Waals surface area contributed by atoms with Crippen molar-refractivity contribution in [1.29, 1.82) is 0 Å². The van der Waals surface area contributed by atoms with Crippen LogP contribution in [0.5, 0.6) is 0 Å². The third kappa shape index (κ3) is 2.99. The van der Waals surface area contributed by atoms with Gasteiger partial charge in [-0.15, -0.1) is 11.8 Å². The standard InChI is InChI=1S/C14H21N3S/c1-2-14-13(16-6-10-18-14)11-12(1)3-7-17-8-4-15-5-9-17/h1-2,11,15-16H,3-10H2. The summed E-state index contributed by atoms with van der Waals surface area (Å²) in [4.78, 5) is 3.96. The molecule has 0 atom stereocenters. The number of benzene rings is 1. The number of piperazine rings is 1. The maximum Gasteiger partial charge on any atom is 0.0481 e. The van der Waals surface area contributed by atoms with Gasteiger partial charge in [-0.2, -0.15) is 0 Å². The predicted molar refractivity (Wildman–Crippen MR) is 78.7 cm³/mol. The fourth-order valence-electron chi connectivity index (χ4n) is 2.57. The Bertz CT molecular complexity index is 402. The van der Waals surface area contributed by atoms with E-state index in [1.165, 1.54) is 48.0 Å². The van der Waals surface area contributed by atoms with E-state index < -0.39 is 0 Å². The van der Waals surface area contributed by atoms with E-state index >= 15 is 0 Å². The van der Waals surface area contributed by atoms with E-state index in [0.717, 1.165) is 19.6 Å². The molecule has 1 fully saturated rings. The molecule has 2 N–H and O–H groups in total. The topological polar surface area (TPSA) is 27.3 Å². The predicted octanol–water partition coefficient (Wildman–Crippen LogP) is 1.65. The van der Waals surface area contributed by atoms with Crippen LogP contribution in [0.1, 0.15) is 5.56 Å². The Labute approximate surface area is 113 Å². The van der Waals surface area contributed by atoms with E-state index in [0.29, 0.717) is 0 Å². The molecule has 0 aromatic heterocycles. The molecule has 1 aromatic rings. The van der Waals surface area contributed by atoms with Gasteiger partial charge in [0.05, 0.1) is 0 Å². The van der Waals surface area contributed by atoms with Crippen LogP contribution in [-0.4, -0.2) is 49.9 Å². The second-order valence-corrected chi connectivity index (χ2v) is 6.08. The molecule has 2 heterocycles. The summed E-state index contributed by atoms with van der Waals surface area (Å²) < 4.78 is 0. The molecule has 0 saturated carbocycles. The van der Waals surface area contributed by atoms with Gasteiger partial charge in [0.25, 0.3) is 0 Å². The Morgan fingerprint density at radius 2 is 2.06 bits per heavy atom. The molecule has 1 aromatic carbocycles. The van der Waals surface area contributed by atoms with E-state index in [1.54, 1.807) is 0 Å². The molecule has 2 aliphatic heterocycles. The highest BCUT2D eigenvalue weighted by molar-refractivity contribution is 7.99. The summed E-state index contributed by atoms with van der Waals surface area (Å²) in [6, 6.07) is 6.91. The minimum Gasteiger partial charge on any atom is -0.383 e. The summed E-state index contributed by atoms with van der Waals surface area (Å²) in [6.45, 7) is 6.95. The zero-order valence-electron chi connectivity index (χ0n) is 10.7. The molecule has 2 aliphatic rings. The van der Waals surface area contributed by atoms with Crippen molar-refractivity contribution in [2.24, 2.45) is 0 Å². The fourth-order valence-corrected chi connectivity index (χ4v) is 3.44. The molecule has 0 aliphatic carbocycles. The minimum atomic E-state index is 1.10. The lowest BCUT2D eigenvalue weighted by Gasteiger charge is -2.27. The van der Waals surface area contributed by atoms with Gasteiger partial charge in [-0.25, -0.2) is 0 Å². The van der Waals surface area contributed by atoms with Crippen molar-refractivity contribution in [3.05, 3.63) is 23.8 Å². The van der Waals surface area contributed by atoms with E-state index in [1.807, 2.05) is 11.8 Å². The Hall–Kier alpha value is -0.710. The first kappa shape index (κ1) is 12.3. The van der Waals surface area contributed by atoms with E-state index in [9.17, 15) is 0 Å². The zero-order chi connectivity index (χ0) is 12.2. The van der Waals surface area contributed by atoms with Crippen molar-refractivity contribution in [2.45, 2.75) is 11.3 Å². The molecular formula is C14H21N3S. The number of nitrogens with zero attached hydrogens (tertiary/aromatic N) is 1. The molecule has 3 nitrogen and oxygen atoms in total. The highest BCUT2D eigenvalue weighted by atomic mass is 32.2. The summed E-state index contributed by atoms with van der Waals surface area (Å²) in [7, 11) is 0. The van der Waals surface area contributed by atoms with Gasteiger partial charge in [0.1, 0.15) is 0 Å². The number of anilines is 1. The van der Waals surface area contributed by atoms with E-state index in [2.05, 4.69) is 33.7 Å². The molecule has 0 spiro atoms. The molecular weight excluding hydrogens is 242 g/mol. The Kier molecular flexibility index (Phi) is 4.08. The van der Waals surface area contributed by atoms with Crippen molar-refractivity contribution in [3.63, 3.8) is 0 Å². The van der Waals surface area contributed by atoms with Crippen LogP contribution in [0.3, 0.4) is 0 Å². The summed E-state index contributed by atoms with van der Waals surface area (Å²) in [5, 5.41) is 6.90. The smallest absolute Gasteiger partial charge is 0.0481 e. The molecule has 98 valence electrons. The van der Waals surface area contributed by atoms with Gasteiger partial charge in [0.2, 0.25) is 0 Å². The average molecular weight is 263 g/mol. The molecule has 18 heavy (non-hydrogen) atoms. The van der Waals surface area contributed by atoms with E-state index in [4.69, 9.17) is 0 Å². The van der Waals surface area contributed by atoms with Crippen molar-refractivity contribution >= 4 is 17.4 Å². The summed E-state index contributed by atoms with van der Waals surface area (Å²) in [5.74, 6) is 1.19. The van der Waals surface area contributed by atoms with Gasteiger partial charge in [0.15, 0.2) is 0 Å². The fraction of sp³-hybridized carbons (Fsp3) is 0.571. The number of hydrogen-bond acceptors (Lipinski definition) is 4. The second kappa shape index (κ2) is 5.95. The van der Waals surface area contributed by atoms with Crippen molar-refractivity contribution in [1.82, 2.24) is 10.2 Å². The van der Waals surface area contributed by atoms with Crippen LogP contribution >= 0.6 is 11.8 Å². The lowest BCUT2D eigenvalue weighted by Crippen LogP contribution is -2.44. The number of fused-ring (bicyclic) bond motifs is 1. The van der Waals surface area contributed by atoms with Crippen LogP contribution in [0.4, 0.5) is 5.69 Å². The molecule has 4 heteroatoms. The second-order valence-electron chi connectivity index (χ2n) is 4.95. The first-order chi connectivity index (χ1) is 8.92. The summed E-state index contributed by atoms with van der Waals surface area (Å²) in [6.07, 6.45) is 1.17. The number of nitrogens with one attached hydrogen (secondary N) is 2. The molecule has 0 amide bonds. The number of hydrogen-bond donors (Lipinski definition) is 2. The normalized spacial score (nSPS) is 20.2. The maximum absolute atomic E-state index is 3.50. The Balaban J connectivity index is 1.58. The summed E-state index contributed by atoms with van der Waals surface area (Å²) >= 11 is 1.96. The van der Waals surface area contributed by atoms with E-state index in [-0.39, 0.29) is 0 Å². The molecule has 0 bridgehead atoms. The van der Waals surface area contributed by atoms with Crippen LogP contribution in [-0.2, 0) is 6.42 Å². The van der Waals surface area contributed by atoms with Crippen LogP contribution < -0.4 is 10.6 Å². The van der Waals surface area contributed by atoms with Crippen LogP contribution in [0, 0.1) is 0 Å². The monoisotopic (exact) mass is 263 g/mol. The quantitative estimate of drug-likeness (QED) is 0.867. The van der Waals surface area contributed by atoms with Crippen LogP contribution in [0.15, 0.2) is 23.1 Å². The highest BCUT2D eigenvalue weighted by Gasteiger charge is 2.11. The number of rotatable bonds is 3. The van der Waals surface area contributed by atoms with Gasteiger partial charge in [-0.1, -0.05) is 6.07 Å². The van der Waals surface area contributed by atoms with Gasteiger partial charge in [0, 0.05) is 55.6 Å². The minimum absolute atomic E-state index is 1.10. The lowest BCUT2D eigenvalue weighted by molar-refractivity contribution is 0.244. The first-order valence-electron chi connectivity index (χ1n) is 6.84. The van der Waals surface area contributed by atoms with Crippen molar-refractivity contribution in [3.8, 4) is 0 Å². The molecule has 3 rings (SSSR count). The first-order valence-corrected chi connectivity index (χ1v) is 7.83. The van der Waals surface area contributed by atoms with Gasteiger partial charge in [-0.05, 0) is 24.1 Å². The Morgan fingerprint density at radius 3 is 2.94 bits per heavy atom. The Morgan fingerprint density at radius 1 is 1.17 bits per heavy atom. The van der Waals surface area contributed by atoms with Crippen LogP contribution in [0.25, 0.3) is 0 Å². The number of thioether (sulfide) groups is 1. The van der Waals surface area contributed by atoms with Gasteiger partial charge in [-0.3, -0.25) is 0 Å². The van der Waals surface area contributed by atoms with Gasteiger partial charge >= 0.3 is 0 Å². The van der Waals surface area contributed by atoms with Crippen LogP contribution in [0.2, 0.25) is 0 Å². The molecule has 0 radical (unpaired) electrons.